The highest BCUT2D eigenvalue weighted by atomic mass is 16.5. The van der Waals surface area contributed by atoms with Gasteiger partial charge in [-0.25, -0.2) is 0 Å². The van der Waals surface area contributed by atoms with Crippen LogP contribution in [0.25, 0.3) is 0 Å². The average molecular weight is 229 g/mol. The molecule has 1 aliphatic carbocycles. The van der Waals surface area contributed by atoms with Crippen molar-refractivity contribution in [3.8, 4) is 0 Å². The first-order valence-electron chi connectivity index (χ1n) is 6.78. The Hall–Kier alpha value is -0.120. The van der Waals surface area contributed by atoms with Gasteiger partial charge in [-0.15, -0.1) is 0 Å². The summed E-state index contributed by atoms with van der Waals surface area (Å²) in [5.74, 6) is 0. The number of hydrogen-bond donors (Lipinski definition) is 2. The summed E-state index contributed by atoms with van der Waals surface area (Å²) in [6.07, 6.45) is 10.4. The average Bonchev–Trinajstić information content (AvgIpc) is 2.55. The summed E-state index contributed by atoms with van der Waals surface area (Å²) >= 11 is 0. The Labute approximate surface area is 99.4 Å². The second-order valence-electron chi connectivity index (χ2n) is 4.93. The second-order valence-corrected chi connectivity index (χ2v) is 4.93. The first-order valence-corrected chi connectivity index (χ1v) is 6.78. The minimum absolute atomic E-state index is 0.0320. The van der Waals surface area contributed by atoms with Gasteiger partial charge in [0.05, 0.1) is 5.60 Å². The molecule has 3 N–H and O–H groups in total. The predicted octanol–water partition coefficient (Wildman–Crippen LogP) is 2.22. The molecular formula is C13H27NO2. The fourth-order valence-corrected chi connectivity index (χ4v) is 2.46. The highest BCUT2D eigenvalue weighted by Gasteiger charge is 2.29. The lowest BCUT2D eigenvalue weighted by molar-refractivity contribution is -0.0509. The predicted molar refractivity (Wildman–Crippen MR) is 66.4 cm³/mol. The summed E-state index contributed by atoms with van der Waals surface area (Å²) in [7, 11) is 0. The summed E-state index contributed by atoms with van der Waals surface area (Å²) in [4.78, 5) is 0. The number of aliphatic hydroxyl groups is 1. The molecule has 0 aromatic carbocycles. The Balaban J connectivity index is 2.22. The normalized spacial score (nSPS) is 20.6. The van der Waals surface area contributed by atoms with E-state index in [4.69, 9.17) is 15.6 Å². The zero-order valence-electron chi connectivity index (χ0n) is 10.4. The molecule has 1 rings (SSSR count). The SMILES string of the molecule is NCC1(OCCCCCO)CCCCCC1. The van der Waals surface area contributed by atoms with Crippen LogP contribution < -0.4 is 5.73 Å². The molecule has 96 valence electrons. The van der Waals surface area contributed by atoms with Crippen molar-refractivity contribution in [3.05, 3.63) is 0 Å². The van der Waals surface area contributed by atoms with E-state index in [0.29, 0.717) is 13.2 Å². The van der Waals surface area contributed by atoms with Crippen LogP contribution in [0.3, 0.4) is 0 Å². The fourth-order valence-electron chi connectivity index (χ4n) is 2.46. The van der Waals surface area contributed by atoms with E-state index in [1.165, 1.54) is 25.7 Å². The first kappa shape index (κ1) is 13.9. The van der Waals surface area contributed by atoms with Gasteiger partial charge in [0.15, 0.2) is 0 Å². The number of unbranched alkanes of at least 4 members (excludes halogenated alkanes) is 2. The van der Waals surface area contributed by atoms with Crippen molar-refractivity contribution >= 4 is 0 Å². The lowest BCUT2D eigenvalue weighted by atomic mass is 9.94. The van der Waals surface area contributed by atoms with E-state index in [2.05, 4.69) is 0 Å². The van der Waals surface area contributed by atoms with Gasteiger partial charge in [0, 0.05) is 19.8 Å². The van der Waals surface area contributed by atoms with Crippen LogP contribution in [0.15, 0.2) is 0 Å². The van der Waals surface area contributed by atoms with Crippen molar-refractivity contribution < 1.29 is 9.84 Å². The van der Waals surface area contributed by atoms with Crippen molar-refractivity contribution in [1.29, 1.82) is 0 Å². The maximum absolute atomic E-state index is 8.69. The van der Waals surface area contributed by atoms with Gasteiger partial charge in [0.2, 0.25) is 0 Å². The third-order valence-electron chi connectivity index (χ3n) is 3.60. The van der Waals surface area contributed by atoms with Gasteiger partial charge in [-0.1, -0.05) is 25.7 Å². The first-order chi connectivity index (χ1) is 7.83. The van der Waals surface area contributed by atoms with Gasteiger partial charge in [-0.05, 0) is 32.1 Å². The maximum atomic E-state index is 8.69. The number of hydrogen-bond acceptors (Lipinski definition) is 3. The van der Waals surface area contributed by atoms with Crippen molar-refractivity contribution in [2.75, 3.05) is 19.8 Å². The molecule has 0 heterocycles. The summed E-state index contributed by atoms with van der Waals surface area (Å²) in [5.41, 5.74) is 5.85. The van der Waals surface area contributed by atoms with Gasteiger partial charge >= 0.3 is 0 Å². The molecule has 3 heteroatoms. The number of nitrogens with two attached hydrogens (primary N) is 1. The molecular weight excluding hydrogens is 202 g/mol. The molecule has 1 fully saturated rings. The molecule has 0 aliphatic heterocycles. The Morgan fingerprint density at radius 2 is 1.69 bits per heavy atom. The van der Waals surface area contributed by atoms with E-state index in [0.717, 1.165) is 38.7 Å². The van der Waals surface area contributed by atoms with Crippen LogP contribution in [0.1, 0.15) is 57.8 Å². The zero-order valence-corrected chi connectivity index (χ0v) is 10.4. The van der Waals surface area contributed by atoms with Crippen LogP contribution in [0, 0.1) is 0 Å². The Morgan fingerprint density at radius 3 is 2.25 bits per heavy atom. The quantitative estimate of drug-likeness (QED) is 0.520. The zero-order chi connectivity index (χ0) is 11.7. The molecule has 1 saturated carbocycles. The minimum atomic E-state index is -0.0320. The topological polar surface area (TPSA) is 55.5 Å². The van der Waals surface area contributed by atoms with E-state index in [1.54, 1.807) is 0 Å². The van der Waals surface area contributed by atoms with Gasteiger partial charge in [0.1, 0.15) is 0 Å². The molecule has 0 aromatic heterocycles. The van der Waals surface area contributed by atoms with Crippen molar-refractivity contribution in [2.24, 2.45) is 5.73 Å². The van der Waals surface area contributed by atoms with Crippen molar-refractivity contribution in [2.45, 2.75) is 63.4 Å². The largest absolute Gasteiger partial charge is 0.396 e. The van der Waals surface area contributed by atoms with Gasteiger partial charge in [-0.2, -0.15) is 0 Å². The van der Waals surface area contributed by atoms with Gasteiger partial charge in [-0.3, -0.25) is 0 Å². The van der Waals surface area contributed by atoms with E-state index in [1.807, 2.05) is 0 Å². The highest BCUT2D eigenvalue weighted by molar-refractivity contribution is 4.84. The van der Waals surface area contributed by atoms with E-state index < -0.39 is 0 Å². The number of aliphatic hydroxyl groups excluding tert-OH is 1. The molecule has 0 saturated heterocycles. The monoisotopic (exact) mass is 229 g/mol. The van der Waals surface area contributed by atoms with Crippen LogP contribution in [-0.4, -0.2) is 30.5 Å². The standard InChI is InChI=1S/C13H27NO2/c14-12-13(8-4-1-2-5-9-13)16-11-7-3-6-10-15/h15H,1-12,14H2. The van der Waals surface area contributed by atoms with Crippen LogP contribution in [0.5, 0.6) is 0 Å². The van der Waals surface area contributed by atoms with E-state index in [9.17, 15) is 0 Å². The van der Waals surface area contributed by atoms with Crippen LogP contribution in [0.4, 0.5) is 0 Å². The molecule has 0 bridgehead atoms. The molecule has 16 heavy (non-hydrogen) atoms. The summed E-state index contributed by atoms with van der Waals surface area (Å²) in [6.45, 7) is 1.76. The lowest BCUT2D eigenvalue weighted by Crippen LogP contribution is -2.40. The molecule has 0 radical (unpaired) electrons. The minimum Gasteiger partial charge on any atom is -0.396 e. The summed E-state index contributed by atoms with van der Waals surface area (Å²) in [5, 5.41) is 8.69. The molecule has 0 spiro atoms. The van der Waals surface area contributed by atoms with Gasteiger partial charge in [0.25, 0.3) is 0 Å². The molecule has 0 atom stereocenters. The highest BCUT2D eigenvalue weighted by Crippen LogP contribution is 2.29. The molecule has 0 unspecified atom stereocenters. The van der Waals surface area contributed by atoms with Crippen molar-refractivity contribution in [3.63, 3.8) is 0 Å². The van der Waals surface area contributed by atoms with Crippen LogP contribution >= 0.6 is 0 Å². The Bertz CT molecular complexity index is 165. The second kappa shape index (κ2) is 8.04. The number of rotatable bonds is 7. The van der Waals surface area contributed by atoms with Crippen LogP contribution in [0.2, 0.25) is 0 Å². The Kier molecular flexibility index (Phi) is 7.01. The molecule has 0 amide bonds. The third-order valence-corrected chi connectivity index (χ3v) is 3.60. The summed E-state index contributed by atoms with van der Waals surface area (Å²) in [6, 6.07) is 0. The lowest BCUT2D eigenvalue weighted by Gasteiger charge is -2.31. The van der Waals surface area contributed by atoms with Crippen molar-refractivity contribution in [1.82, 2.24) is 0 Å². The Morgan fingerprint density at radius 1 is 1.00 bits per heavy atom. The molecule has 0 aromatic rings. The molecule has 3 nitrogen and oxygen atoms in total. The smallest absolute Gasteiger partial charge is 0.0804 e. The van der Waals surface area contributed by atoms with Gasteiger partial charge < -0.3 is 15.6 Å². The van der Waals surface area contributed by atoms with E-state index in [-0.39, 0.29) is 5.60 Å². The van der Waals surface area contributed by atoms with E-state index >= 15 is 0 Å². The van der Waals surface area contributed by atoms with Crippen LogP contribution in [-0.2, 0) is 4.74 Å². The third kappa shape index (κ3) is 4.81. The fraction of sp³-hybridized carbons (Fsp3) is 1.00. The molecule has 1 aliphatic rings. The number of ether oxygens (including phenoxy) is 1. The summed E-state index contributed by atoms with van der Waals surface area (Å²) < 4.78 is 6.04. The maximum Gasteiger partial charge on any atom is 0.0804 e.